The first-order valence-corrected chi connectivity index (χ1v) is 7.71. The predicted molar refractivity (Wildman–Crippen MR) is 71.0 cm³/mol. The molecule has 4 aliphatic rings. The molecule has 0 aromatic rings. The van der Waals surface area contributed by atoms with Gasteiger partial charge < -0.3 is 0 Å². The Labute approximate surface area is 102 Å². The standard InChI is InChI=1S/C15H24B.H2/c1-2-12-4-5-13(14(3-1)16-12)15-8-6-11(10-15)7-9-15;/h11-14H,1-10H2;1H. The van der Waals surface area contributed by atoms with Crippen LogP contribution in [-0.4, -0.2) is 7.28 Å². The fourth-order valence-electron chi connectivity index (χ4n) is 5.86. The molecule has 0 aromatic carbocycles. The van der Waals surface area contributed by atoms with Gasteiger partial charge in [-0.2, -0.15) is 0 Å². The SMILES string of the molecule is [B]1C2CCCC1C(C13CCC(CC1)C3)CC2.[HH]. The molecule has 0 spiro atoms. The summed E-state index contributed by atoms with van der Waals surface area (Å²) in [5.41, 5.74) is 0.841. The van der Waals surface area contributed by atoms with E-state index in [4.69, 9.17) is 0 Å². The van der Waals surface area contributed by atoms with E-state index in [-0.39, 0.29) is 1.43 Å². The molecule has 0 nitrogen and oxygen atoms in total. The summed E-state index contributed by atoms with van der Waals surface area (Å²) in [7, 11) is 2.79. The second-order valence-electron chi connectivity index (χ2n) is 7.24. The minimum Gasteiger partial charge on any atom is -0.0686 e. The highest BCUT2D eigenvalue weighted by molar-refractivity contribution is 6.40. The van der Waals surface area contributed by atoms with Crippen molar-refractivity contribution in [2.75, 3.05) is 0 Å². The van der Waals surface area contributed by atoms with E-state index >= 15 is 0 Å². The number of hydrogen-bond donors (Lipinski definition) is 0. The van der Waals surface area contributed by atoms with E-state index < -0.39 is 0 Å². The van der Waals surface area contributed by atoms with Gasteiger partial charge in [0.2, 0.25) is 0 Å². The summed E-state index contributed by atoms with van der Waals surface area (Å²) in [5.74, 6) is 4.30. The Morgan fingerprint density at radius 3 is 2.56 bits per heavy atom. The molecular formula is C15H26B. The van der Waals surface area contributed by atoms with E-state index in [9.17, 15) is 0 Å². The Hall–Kier alpha value is 0.0649. The van der Waals surface area contributed by atoms with Gasteiger partial charge in [-0.1, -0.05) is 43.7 Å². The molecule has 16 heavy (non-hydrogen) atoms. The molecule has 1 radical (unpaired) electrons. The molecule has 2 aliphatic carbocycles. The zero-order valence-electron chi connectivity index (χ0n) is 10.5. The van der Waals surface area contributed by atoms with Gasteiger partial charge in [0.25, 0.3) is 0 Å². The zero-order valence-corrected chi connectivity index (χ0v) is 10.5. The van der Waals surface area contributed by atoms with E-state index in [0.717, 1.165) is 28.9 Å². The van der Waals surface area contributed by atoms with Crippen LogP contribution in [0.15, 0.2) is 0 Å². The van der Waals surface area contributed by atoms with Crippen molar-refractivity contribution in [3.63, 3.8) is 0 Å². The summed E-state index contributed by atoms with van der Waals surface area (Å²) in [6.07, 6.45) is 15.7. The van der Waals surface area contributed by atoms with E-state index in [1.807, 2.05) is 0 Å². The Bertz CT molecular complexity index is 283. The average molecular weight is 217 g/mol. The smallest absolute Gasteiger partial charge is 0.0686 e. The average Bonchev–Trinajstić information content (AvgIpc) is 2.90. The van der Waals surface area contributed by atoms with Crippen molar-refractivity contribution >= 4 is 7.28 Å². The van der Waals surface area contributed by atoms with Crippen LogP contribution in [0.1, 0.15) is 65.6 Å². The monoisotopic (exact) mass is 217 g/mol. The molecule has 3 unspecified atom stereocenters. The fourth-order valence-corrected chi connectivity index (χ4v) is 5.86. The normalized spacial score (nSPS) is 55.0. The van der Waals surface area contributed by atoms with Crippen LogP contribution < -0.4 is 0 Å². The number of hydrogen-bond acceptors (Lipinski definition) is 0. The van der Waals surface area contributed by atoms with Crippen molar-refractivity contribution < 1.29 is 1.43 Å². The second kappa shape index (κ2) is 3.53. The van der Waals surface area contributed by atoms with Gasteiger partial charge >= 0.3 is 0 Å². The lowest BCUT2D eigenvalue weighted by atomic mass is 9.38. The molecule has 1 heteroatoms. The zero-order chi connectivity index (χ0) is 10.6. The quantitative estimate of drug-likeness (QED) is 0.559. The first kappa shape index (κ1) is 10.0. The topological polar surface area (TPSA) is 0 Å². The summed E-state index contributed by atoms with van der Waals surface area (Å²) in [5, 5.41) is 0. The van der Waals surface area contributed by atoms with Crippen LogP contribution in [0.25, 0.3) is 0 Å². The highest BCUT2D eigenvalue weighted by Gasteiger charge is 2.52. The Morgan fingerprint density at radius 2 is 1.81 bits per heavy atom. The van der Waals surface area contributed by atoms with Gasteiger partial charge in [-0.05, 0) is 49.4 Å². The maximum atomic E-state index is 2.79. The van der Waals surface area contributed by atoms with Crippen LogP contribution in [0.5, 0.6) is 0 Å². The summed E-state index contributed by atoms with van der Waals surface area (Å²) >= 11 is 0. The molecule has 2 heterocycles. The van der Waals surface area contributed by atoms with Gasteiger partial charge in [-0.25, -0.2) is 0 Å². The number of fused-ring (bicyclic) bond motifs is 4. The maximum absolute atomic E-state index is 2.79. The van der Waals surface area contributed by atoms with E-state index in [2.05, 4.69) is 7.28 Å². The first-order chi connectivity index (χ1) is 7.86. The molecule has 89 valence electrons. The maximum Gasteiger partial charge on any atom is 0.118 e. The van der Waals surface area contributed by atoms with Crippen molar-refractivity contribution in [2.24, 2.45) is 17.3 Å². The van der Waals surface area contributed by atoms with E-state index in [0.29, 0.717) is 0 Å². The van der Waals surface area contributed by atoms with Gasteiger partial charge in [0.15, 0.2) is 0 Å². The van der Waals surface area contributed by atoms with Gasteiger partial charge in [0.05, 0.1) is 0 Å². The van der Waals surface area contributed by atoms with Gasteiger partial charge in [-0.15, -0.1) is 0 Å². The summed E-state index contributed by atoms with van der Waals surface area (Å²) in [6.45, 7) is 0. The molecular weight excluding hydrogens is 191 g/mol. The van der Waals surface area contributed by atoms with Crippen molar-refractivity contribution in [3.8, 4) is 0 Å². The molecule has 4 fully saturated rings. The minimum absolute atomic E-state index is 0. The lowest BCUT2D eigenvalue weighted by Gasteiger charge is -2.48. The van der Waals surface area contributed by atoms with E-state index in [1.165, 1.54) is 25.7 Å². The second-order valence-corrected chi connectivity index (χ2v) is 7.24. The van der Waals surface area contributed by atoms with Gasteiger partial charge in [-0.3, -0.25) is 0 Å². The molecule has 3 atom stereocenters. The largest absolute Gasteiger partial charge is 0.118 e. The van der Waals surface area contributed by atoms with Gasteiger partial charge in [0, 0.05) is 1.43 Å². The van der Waals surface area contributed by atoms with Gasteiger partial charge in [0.1, 0.15) is 7.28 Å². The van der Waals surface area contributed by atoms with Crippen LogP contribution in [0.3, 0.4) is 0 Å². The third-order valence-electron chi connectivity index (χ3n) is 6.58. The van der Waals surface area contributed by atoms with Crippen LogP contribution >= 0.6 is 0 Å². The minimum atomic E-state index is 0. The van der Waals surface area contributed by atoms with Crippen molar-refractivity contribution in [1.82, 2.24) is 0 Å². The van der Waals surface area contributed by atoms with Crippen molar-refractivity contribution in [1.29, 1.82) is 0 Å². The third-order valence-corrected chi connectivity index (χ3v) is 6.58. The number of rotatable bonds is 1. The Morgan fingerprint density at radius 1 is 0.938 bits per heavy atom. The van der Waals surface area contributed by atoms with Crippen LogP contribution in [0, 0.1) is 17.3 Å². The summed E-state index contributed by atoms with van der Waals surface area (Å²) in [4.78, 5) is 0. The fraction of sp³-hybridized carbons (Fsp3) is 1.00. The highest BCUT2D eigenvalue weighted by Crippen LogP contribution is 2.64. The third kappa shape index (κ3) is 1.36. The molecule has 0 amide bonds. The molecule has 2 saturated heterocycles. The Kier molecular flexibility index (Phi) is 2.21. The lowest BCUT2D eigenvalue weighted by Crippen LogP contribution is -2.38. The summed E-state index contributed by atoms with van der Waals surface area (Å²) in [6, 6.07) is 0. The summed E-state index contributed by atoms with van der Waals surface area (Å²) < 4.78 is 0. The lowest BCUT2D eigenvalue weighted by molar-refractivity contribution is 0.125. The van der Waals surface area contributed by atoms with Crippen LogP contribution in [0.2, 0.25) is 11.6 Å². The predicted octanol–water partition coefficient (Wildman–Crippen LogP) is 4.69. The molecule has 2 saturated carbocycles. The first-order valence-electron chi connectivity index (χ1n) is 7.71. The molecule has 0 aromatic heterocycles. The van der Waals surface area contributed by atoms with Crippen molar-refractivity contribution in [3.05, 3.63) is 0 Å². The molecule has 2 aliphatic heterocycles. The Balaban J connectivity index is 0.000000902. The highest BCUT2D eigenvalue weighted by atomic mass is 14.6. The molecule has 4 rings (SSSR count). The van der Waals surface area contributed by atoms with E-state index in [1.54, 1.807) is 38.5 Å². The van der Waals surface area contributed by atoms with Crippen LogP contribution in [0.4, 0.5) is 0 Å². The molecule has 0 N–H and O–H groups in total. The molecule has 4 bridgehead atoms. The van der Waals surface area contributed by atoms with Crippen molar-refractivity contribution in [2.45, 2.75) is 75.8 Å². The van der Waals surface area contributed by atoms with Crippen LogP contribution in [-0.2, 0) is 0 Å².